The number of halogens is 1. The van der Waals surface area contributed by atoms with Gasteiger partial charge in [0.05, 0.1) is 6.61 Å². The molecule has 0 aliphatic rings. The van der Waals surface area contributed by atoms with Crippen LogP contribution in [0.2, 0.25) is 0 Å². The van der Waals surface area contributed by atoms with Crippen molar-refractivity contribution in [1.82, 2.24) is 0 Å². The Labute approximate surface area is 85.7 Å². The molecule has 1 rings (SSSR count). The van der Waals surface area contributed by atoms with Gasteiger partial charge in [0.2, 0.25) is 0 Å². The zero-order valence-electron chi connectivity index (χ0n) is 6.83. The summed E-state index contributed by atoms with van der Waals surface area (Å²) in [5, 5.41) is 8.98. The van der Waals surface area contributed by atoms with Gasteiger partial charge in [-0.3, -0.25) is 0 Å². The van der Waals surface area contributed by atoms with Crippen LogP contribution in [0.25, 0.3) is 0 Å². The molecule has 0 unspecified atom stereocenters. The lowest BCUT2D eigenvalue weighted by molar-refractivity contribution is 0.0479. The van der Waals surface area contributed by atoms with Crippen molar-refractivity contribution in [3.63, 3.8) is 0 Å². The predicted molar refractivity (Wildman–Crippen MR) is 56.0 cm³/mol. The van der Waals surface area contributed by atoms with Gasteiger partial charge in [0, 0.05) is 10.7 Å². The molecule has 0 aromatic heterocycles. The van der Waals surface area contributed by atoms with Crippen LogP contribution in [0.15, 0.2) is 24.3 Å². The number of aliphatic hydroxyl groups is 1. The fourth-order valence-corrected chi connectivity index (χ4v) is 1.77. The van der Waals surface area contributed by atoms with Crippen LogP contribution in [0.1, 0.15) is 11.7 Å². The predicted octanol–water partition coefficient (Wildman–Crippen LogP) is 1.97. The van der Waals surface area contributed by atoms with E-state index in [2.05, 4.69) is 22.6 Å². The van der Waals surface area contributed by atoms with Gasteiger partial charge in [-0.15, -0.1) is 0 Å². The number of hydrogen-bond donors (Lipinski definition) is 1. The molecule has 0 aliphatic carbocycles. The molecule has 0 saturated heterocycles. The molecule has 0 radical (unpaired) electrons. The minimum Gasteiger partial charge on any atom is -0.393 e. The van der Waals surface area contributed by atoms with Crippen molar-refractivity contribution in [2.75, 3.05) is 13.7 Å². The molecule has 0 heterocycles. The smallest absolute Gasteiger partial charge is 0.106 e. The van der Waals surface area contributed by atoms with E-state index in [-0.39, 0.29) is 12.7 Å². The van der Waals surface area contributed by atoms with E-state index in [0.717, 1.165) is 9.13 Å². The highest BCUT2D eigenvalue weighted by Crippen LogP contribution is 2.21. The molecular formula is C9H11IO2. The molecule has 0 aliphatic heterocycles. The molecule has 1 aromatic rings. The van der Waals surface area contributed by atoms with Gasteiger partial charge in [0.15, 0.2) is 0 Å². The monoisotopic (exact) mass is 278 g/mol. The quantitative estimate of drug-likeness (QED) is 0.857. The van der Waals surface area contributed by atoms with Gasteiger partial charge in [-0.05, 0) is 34.2 Å². The van der Waals surface area contributed by atoms with E-state index in [0.29, 0.717) is 0 Å². The summed E-state index contributed by atoms with van der Waals surface area (Å²) in [6.45, 7) is 0.0243. The summed E-state index contributed by atoms with van der Waals surface area (Å²) in [6.07, 6.45) is -0.196. The zero-order chi connectivity index (χ0) is 8.97. The summed E-state index contributed by atoms with van der Waals surface area (Å²) in [6, 6.07) is 7.87. The molecular weight excluding hydrogens is 267 g/mol. The molecule has 66 valence electrons. The van der Waals surface area contributed by atoms with E-state index in [4.69, 9.17) is 9.84 Å². The summed E-state index contributed by atoms with van der Waals surface area (Å²) in [4.78, 5) is 0. The van der Waals surface area contributed by atoms with Crippen LogP contribution in [-0.4, -0.2) is 18.8 Å². The van der Waals surface area contributed by atoms with Crippen molar-refractivity contribution in [3.8, 4) is 0 Å². The molecule has 3 heteroatoms. The Morgan fingerprint density at radius 1 is 1.50 bits per heavy atom. The second-order valence-corrected chi connectivity index (χ2v) is 3.59. The average molecular weight is 278 g/mol. The molecule has 1 aromatic carbocycles. The first-order valence-corrected chi connectivity index (χ1v) is 4.75. The van der Waals surface area contributed by atoms with Crippen LogP contribution in [0.3, 0.4) is 0 Å². The molecule has 2 nitrogen and oxygen atoms in total. The number of rotatable bonds is 3. The van der Waals surface area contributed by atoms with E-state index < -0.39 is 0 Å². The topological polar surface area (TPSA) is 29.5 Å². The van der Waals surface area contributed by atoms with Gasteiger partial charge in [0.1, 0.15) is 6.10 Å². The average Bonchev–Trinajstić information content (AvgIpc) is 2.10. The first-order chi connectivity index (χ1) is 5.79. The van der Waals surface area contributed by atoms with Crippen molar-refractivity contribution >= 4 is 22.6 Å². The SMILES string of the molecule is CO[C@@H](CO)c1ccccc1I. The Morgan fingerprint density at radius 3 is 2.67 bits per heavy atom. The van der Waals surface area contributed by atoms with Crippen molar-refractivity contribution < 1.29 is 9.84 Å². The van der Waals surface area contributed by atoms with Gasteiger partial charge >= 0.3 is 0 Å². The molecule has 0 saturated carbocycles. The third kappa shape index (κ3) is 2.18. The molecule has 0 bridgehead atoms. The fourth-order valence-electron chi connectivity index (χ4n) is 1.04. The van der Waals surface area contributed by atoms with Crippen molar-refractivity contribution in [1.29, 1.82) is 0 Å². The van der Waals surface area contributed by atoms with Gasteiger partial charge in [-0.1, -0.05) is 18.2 Å². The highest BCUT2D eigenvalue weighted by Gasteiger charge is 2.10. The van der Waals surface area contributed by atoms with Crippen LogP contribution in [0.4, 0.5) is 0 Å². The lowest BCUT2D eigenvalue weighted by Crippen LogP contribution is -2.07. The molecule has 0 spiro atoms. The van der Waals surface area contributed by atoms with Crippen molar-refractivity contribution in [2.45, 2.75) is 6.10 Å². The van der Waals surface area contributed by atoms with Gasteiger partial charge in [-0.25, -0.2) is 0 Å². The number of aliphatic hydroxyl groups excluding tert-OH is 1. The van der Waals surface area contributed by atoms with Gasteiger partial charge < -0.3 is 9.84 Å². The summed E-state index contributed by atoms with van der Waals surface area (Å²) >= 11 is 2.23. The molecule has 0 amide bonds. The number of methoxy groups -OCH3 is 1. The van der Waals surface area contributed by atoms with Gasteiger partial charge in [-0.2, -0.15) is 0 Å². The summed E-state index contributed by atoms with van der Waals surface area (Å²) in [5.74, 6) is 0. The summed E-state index contributed by atoms with van der Waals surface area (Å²) in [5.41, 5.74) is 1.04. The third-order valence-corrected chi connectivity index (χ3v) is 2.68. The Bertz CT molecular complexity index is 246. The minimum absolute atomic E-state index is 0.0243. The maximum atomic E-state index is 8.98. The van der Waals surface area contributed by atoms with E-state index >= 15 is 0 Å². The second-order valence-electron chi connectivity index (χ2n) is 2.43. The van der Waals surface area contributed by atoms with Crippen LogP contribution in [0.5, 0.6) is 0 Å². The van der Waals surface area contributed by atoms with E-state index in [1.165, 1.54) is 0 Å². The summed E-state index contributed by atoms with van der Waals surface area (Å²) < 4.78 is 6.23. The number of hydrogen-bond acceptors (Lipinski definition) is 2. The summed E-state index contributed by atoms with van der Waals surface area (Å²) in [7, 11) is 1.60. The van der Waals surface area contributed by atoms with E-state index in [1.54, 1.807) is 7.11 Å². The maximum Gasteiger partial charge on any atom is 0.106 e. The first kappa shape index (κ1) is 9.95. The Morgan fingerprint density at radius 2 is 2.17 bits per heavy atom. The van der Waals surface area contributed by atoms with Crippen LogP contribution < -0.4 is 0 Å². The maximum absolute atomic E-state index is 8.98. The largest absolute Gasteiger partial charge is 0.393 e. The van der Waals surface area contributed by atoms with E-state index in [1.807, 2.05) is 24.3 Å². The lowest BCUT2D eigenvalue weighted by Gasteiger charge is -2.13. The molecule has 12 heavy (non-hydrogen) atoms. The molecule has 0 fully saturated rings. The highest BCUT2D eigenvalue weighted by atomic mass is 127. The van der Waals surface area contributed by atoms with Crippen LogP contribution in [0, 0.1) is 3.57 Å². The third-order valence-electron chi connectivity index (χ3n) is 1.70. The van der Waals surface area contributed by atoms with Crippen LogP contribution >= 0.6 is 22.6 Å². The highest BCUT2D eigenvalue weighted by molar-refractivity contribution is 14.1. The standard InChI is InChI=1S/C9H11IO2/c1-12-9(6-11)7-4-2-3-5-8(7)10/h2-5,9,11H,6H2,1H3/t9-/m0/s1. The Hall–Kier alpha value is -0.130. The Kier molecular flexibility index (Phi) is 3.97. The van der Waals surface area contributed by atoms with Crippen LogP contribution in [-0.2, 0) is 4.74 Å². The number of benzene rings is 1. The minimum atomic E-state index is -0.196. The molecule has 1 atom stereocenters. The fraction of sp³-hybridized carbons (Fsp3) is 0.333. The molecule has 1 N–H and O–H groups in total. The zero-order valence-corrected chi connectivity index (χ0v) is 8.98. The van der Waals surface area contributed by atoms with Crippen molar-refractivity contribution in [2.24, 2.45) is 0 Å². The normalized spacial score (nSPS) is 12.9. The van der Waals surface area contributed by atoms with E-state index in [9.17, 15) is 0 Å². The first-order valence-electron chi connectivity index (χ1n) is 3.67. The second kappa shape index (κ2) is 4.79. The number of ether oxygens (including phenoxy) is 1. The Balaban J connectivity index is 2.92. The lowest BCUT2D eigenvalue weighted by atomic mass is 10.1. The van der Waals surface area contributed by atoms with Crippen molar-refractivity contribution in [3.05, 3.63) is 33.4 Å². The van der Waals surface area contributed by atoms with Gasteiger partial charge in [0.25, 0.3) is 0 Å².